The predicted molar refractivity (Wildman–Crippen MR) is 142 cm³/mol. The van der Waals surface area contributed by atoms with E-state index in [1.165, 1.54) is 15.0 Å². The van der Waals surface area contributed by atoms with Gasteiger partial charge in [-0.15, -0.1) is 11.3 Å². The van der Waals surface area contributed by atoms with Crippen molar-refractivity contribution in [3.8, 4) is 0 Å². The number of thiophene rings is 1. The van der Waals surface area contributed by atoms with Crippen molar-refractivity contribution >= 4 is 56.6 Å². The number of rotatable bonds is 5. The van der Waals surface area contributed by atoms with E-state index in [-0.39, 0.29) is 18.3 Å². The van der Waals surface area contributed by atoms with Crippen molar-refractivity contribution in [2.75, 3.05) is 7.05 Å². The molecular weight excluding hydrogens is 473 g/mol. The second-order valence-corrected chi connectivity index (χ2v) is 12.7. The number of fused-ring (bicyclic) bond motifs is 1. The quantitative estimate of drug-likeness (QED) is 0.469. The maximum atomic E-state index is 10.6. The Labute approximate surface area is 208 Å². The third kappa shape index (κ3) is 5.55. The summed E-state index contributed by atoms with van der Waals surface area (Å²) in [5.41, 5.74) is 1.59. The van der Waals surface area contributed by atoms with E-state index in [9.17, 15) is 4.21 Å². The van der Waals surface area contributed by atoms with Gasteiger partial charge in [-0.05, 0) is 70.7 Å². The zero-order valence-electron chi connectivity index (χ0n) is 19.8. The molecule has 5 rings (SSSR count). The van der Waals surface area contributed by atoms with Crippen LogP contribution in [0.25, 0.3) is 10.1 Å². The lowest BCUT2D eigenvalue weighted by Crippen LogP contribution is -2.41. The number of halogens is 1. The molecular formula is C25H31BClNO3S2. The maximum absolute atomic E-state index is 10.6. The van der Waals surface area contributed by atoms with Crippen LogP contribution in [0.2, 0.25) is 5.02 Å². The van der Waals surface area contributed by atoms with Crippen molar-refractivity contribution in [2.24, 2.45) is 0 Å². The van der Waals surface area contributed by atoms with Gasteiger partial charge in [0.25, 0.3) is 0 Å². The van der Waals surface area contributed by atoms with Crippen LogP contribution in [0.4, 0.5) is 0 Å². The Hall–Kier alpha value is -1.22. The fourth-order valence-corrected chi connectivity index (χ4v) is 5.96. The Morgan fingerprint density at radius 3 is 2.33 bits per heavy atom. The average Bonchev–Trinajstić information content (AvgIpc) is 3.49. The first-order valence-corrected chi connectivity index (χ1v) is 13.7. The SMILES string of the molecule is CC1(C)OB(c2cccc3cc(Cc4ccccc4Cl)sc23)OC1(C)C.CNS(=O)C1CC1. The summed E-state index contributed by atoms with van der Waals surface area (Å²) in [5.74, 6) is 0. The number of hydrogen-bond acceptors (Lipinski definition) is 4. The normalized spacial score (nSPS) is 19.9. The highest BCUT2D eigenvalue weighted by Crippen LogP contribution is 2.38. The molecule has 1 unspecified atom stereocenters. The minimum Gasteiger partial charge on any atom is -0.399 e. The number of nitrogens with one attached hydrogen (secondary N) is 1. The van der Waals surface area contributed by atoms with Crippen LogP contribution in [-0.2, 0) is 26.7 Å². The standard InChI is InChI=1S/C21H22BClO2S.C4H9NOS/c1-20(2)21(3,4)25-22(24-20)17-10-7-9-15-13-16(26-19(15)17)12-14-8-5-6-11-18(14)23;1-5-7(6)4-2-3-4/h5-11,13H,12H2,1-4H3;4-5H,2-3H2,1H3. The van der Waals surface area contributed by atoms with Gasteiger partial charge in [-0.1, -0.05) is 48.0 Å². The third-order valence-corrected chi connectivity index (χ3v) is 9.53. The smallest absolute Gasteiger partial charge is 0.399 e. The highest BCUT2D eigenvalue weighted by Gasteiger charge is 2.52. The predicted octanol–water partition coefficient (Wildman–Crippen LogP) is 5.48. The van der Waals surface area contributed by atoms with Crippen LogP contribution < -0.4 is 10.2 Å². The fourth-order valence-electron chi connectivity index (χ4n) is 3.66. The Balaban J connectivity index is 0.000000318. The zero-order valence-corrected chi connectivity index (χ0v) is 22.2. The first-order valence-electron chi connectivity index (χ1n) is 11.3. The molecule has 3 aromatic rings. The minimum absolute atomic E-state index is 0.336. The molecule has 2 aliphatic rings. The number of hydrogen-bond donors (Lipinski definition) is 1. The second-order valence-electron chi connectivity index (χ2n) is 9.54. The Morgan fingerprint density at radius 2 is 1.76 bits per heavy atom. The average molecular weight is 504 g/mol. The van der Waals surface area contributed by atoms with E-state index < -0.39 is 11.0 Å². The van der Waals surface area contributed by atoms with Crippen LogP contribution in [0.5, 0.6) is 0 Å². The van der Waals surface area contributed by atoms with Crippen molar-refractivity contribution in [3.63, 3.8) is 0 Å². The summed E-state index contributed by atoms with van der Waals surface area (Å²) < 4.78 is 27.0. The van der Waals surface area contributed by atoms with Crippen molar-refractivity contribution in [1.82, 2.24) is 4.72 Å². The van der Waals surface area contributed by atoms with Crippen molar-refractivity contribution < 1.29 is 13.5 Å². The summed E-state index contributed by atoms with van der Waals surface area (Å²) in [6.45, 7) is 8.35. The van der Waals surface area contributed by atoms with E-state index >= 15 is 0 Å². The molecule has 1 saturated carbocycles. The van der Waals surface area contributed by atoms with Gasteiger partial charge < -0.3 is 9.31 Å². The summed E-state index contributed by atoms with van der Waals surface area (Å²) in [4.78, 5) is 1.29. The second kappa shape index (κ2) is 9.80. The summed E-state index contributed by atoms with van der Waals surface area (Å²) in [6, 6.07) is 16.6. The van der Waals surface area contributed by atoms with E-state index in [0.29, 0.717) is 5.25 Å². The highest BCUT2D eigenvalue weighted by atomic mass is 35.5. The molecule has 4 nitrogen and oxygen atoms in total. The Bertz CT molecular complexity index is 1140. The van der Waals surface area contributed by atoms with E-state index in [2.05, 4.69) is 62.7 Å². The van der Waals surface area contributed by atoms with Gasteiger partial charge in [0.15, 0.2) is 0 Å². The lowest BCUT2D eigenvalue weighted by atomic mass is 9.78. The van der Waals surface area contributed by atoms with Crippen LogP contribution >= 0.6 is 22.9 Å². The van der Waals surface area contributed by atoms with Gasteiger partial charge in [0.1, 0.15) is 0 Å². The van der Waals surface area contributed by atoms with Crippen LogP contribution in [0, 0.1) is 0 Å². The van der Waals surface area contributed by atoms with E-state index in [1.54, 1.807) is 18.4 Å². The summed E-state index contributed by atoms with van der Waals surface area (Å²) in [7, 11) is 0.676. The van der Waals surface area contributed by atoms with Gasteiger partial charge in [-0.2, -0.15) is 0 Å². The van der Waals surface area contributed by atoms with Crippen molar-refractivity contribution in [3.05, 3.63) is 64.0 Å². The molecule has 2 heterocycles. The summed E-state index contributed by atoms with van der Waals surface area (Å²) >= 11 is 8.13. The fraction of sp³-hybridized carbons (Fsp3) is 0.440. The molecule has 1 aromatic heterocycles. The molecule has 0 radical (unpaired) electrons. The van der Waals surface area contributed by atoms with Crippen LogP contribution in [-0.4, -0.2) is 34.8 Å². The van der Waals surface area contributed by atoms with Crippen LogP contribution in [0.1, 0.15) is 51.0 Å². The van der Waals surface area contributed by atoms with Crippen molar-refractivity contribution in [1.29, 1.82) is 0 Å². The number of benzene rings is 2. The molecule has 1 N–H and O–H groups in total. The first kappa shape index (κ1) is 24.9. The van der Waals surface area contributed by atoms with Gasteiger partial charge >= 0.3 is 7.12 Å². The molecule has 1 saturated heterocycles. The molecule has 0 bridgehead atoms. The molecule has 8 heteroatoms. The zero-order chi connectivity index (χ0) is 23.8. The Morgan fingerprint density at radius 1 is 1.09 bits per heavy atom. The monoisotopic (exact) mass is 503 g/mol. The molecule has 1 atom stereocenters. The van der Waals surface area contributed by atoms with Gasteiger partial charge in [-0.3, -0.25) is 0 Å². The molecule has 0 spiro atoms. The molecule has 1 aliphatic heterocycles. The molecule has 0 amide bonds. The summed E-state index contributed by atoms with van der Waals surface area (Å²) in [5, 5.41) is 2.52. The van der Waals surface area contributed by atoms with Crippen LogP contribution in [0.3, 0.4) is 0 Å². The van der Waals surface area contributed by atoms with E-state index in [4.69, 9.17) is 20.9 Å². The molecule has 2 fully saturated rings. The van der Waals surface area contributed by atoms with Gasteiger partial charge in [0, 0.05) is 31.7 Å². The lowest BCUT2D eigenvalue weighted by molar-refractivity contribution is 0.00578. The van der Waals surface area contributed by atoms with Gasteiger partial charge in [0.2, 0.25) is 0 Å². The van der Waals surface area contributed by atoms with Crippen molar-refractivity contribution in [2.45, 2.75) is 63.4 Å². The largest absolute Gasteiger partial charge is 0.496 e. The molecule has 1 aliphatic carbocycles. The minimum atomic E-state index is -0.718. The Kier molecular flexibility index (Phi) is 7.39. The summed E-state index contributed by atoms with van der Waals surface area (Å²) in [6.07, 6.45) is 3.13. The van der Waals surface area contributed by atoms with E-state index in [1.807, 2.05) is 18.2 Å². The van der Waals surface area contributed by atoms with E-state index in [0.717, 1.165) is 35.3 Å². The van der Waals surface area contributed by atoms with Gasteiger partial charge in [-0.25, -0.2) is 8.93 Å². The maximum Gasteiger partial charge on any atom is 0.496 e. The van der Waals surface area contributed by atoms with Crippen LogP contribution in [0.15, 0.2) is 48.5 Å². The van der Waals surface area contributed by atoms with Gasteiger partial charge in [0.05, 0.1) is 22.2 Å². The topological polar surface area (TPSA) is 47.6 Å². The third-order valence-electron chi connectivity index (χ3n) is 6.48. The molecule has 33 heavy (non-hydrogen) atoms. The molecule has 2 aromatic carbocycles. The molecule has 176 valence electrons. The first-order chi connectivity index (χ1) is 15.6. The lowest BCUT2D eigenvalue weighted by Gasteiger charge is -2.32. The highest BCUT2D eigenvalue weighted by molar-refractivity contribution is 7.83.